The molecule has 4 heteroatoms. The lowest BCUT2D eigenvalue weighted by atomic mass is 9.91. The van der Waals surface area contributed by atoms with Gasteiger partial charge in [-0.2, -0.15) is 0 Å². The minimum absolute atomic E-state index is 0.0974. The molecule has 1 aromatic heterocycles. The summed E-state index contributed by atoms with van der Waals surface area (Å²) in [6.07, 6.45) is 2.25. The van der Waals surface area contributed by atoms with Gasteiger partial charge in [-0.3, -0.25) is 16.3 Å². The van der Waals surface area contributed by atoms with Crippen LogP contribution in [0.15, 0.2) is 18.2 Å². The number of aryl methyl sites for hydroxylation is 1. The molecule has 0 amide bonds. The molecule has 0 spiro atoms. The number of pyridine rings is 1. The van der Waals surface area contributed by atoms with Crippen molar-refractivity contribution in [2.45, 2.75) is 25.8 Å². The van der Waals surface area contributed by atoms with Gasteiger partial charge in [-0.1, -0.05) is 6.07 Å². The van der Waals surface area contributed by atoms with E-state index in [1.54, 1.807) is 0 Å². The van der Waals surface area contributed by atoms with Gasteiger partial charge in [0.2, 0.25) is 0 Å². The fourth-order valence-electron chi connectivity index (χ4n) is 2.23. The predicted molar refractivity (Wildman–Crippen MR) is 62.6 cm³/mol. The zero-order chi connectivity index (χ0) is 11.4. The summed E-state index contributed by atoms with van der Waals surface area (Å²) in [6, 6.07) is 6.13. The van der Waals surface area contributed by atoms with Crippen LogP contribution in [-0.2, 0) is 4.74 Å². The molecular weight excluding hydrogens is 202 g/mol. The largest absolute Gasteiger partial charge is 0.381 e. The summed E-state index contributed by atoms with van der Waals surface area (Å²) in [5, 5.41) is 0. The molecule has 88 valence electrons. The van der Waals surface area contributed by atoms with E-state index in [-0.39, 0.29) is 6.04 Å². The quantitative estimate of drug-likeness (QED) is 0.597. The van der Waals surface area contributed by atoms with Gasteiger partial charge >= 0.3 is 0 Å². The highest BCUT2D eigenvalue weighted by molar-refractivity contribution is 5.14. The predicted octanol–water partition coefficient (Wildman–Crippen LogP) is 1.32. The fourth-order valence-corrected chi connectivity index (χ4v) is 2.23. The topological polar surface area (TPSA) is 60.2 Å². The first-order chi connectivity index (χ1) is 7.81. The van der Waals surface area contributed by atoms with E-state index in [1.807, 2.05) is 25.1 Å². The first-order valence-electron chi connectivity index (χ1n) is 5.78. The molecule has 1 fully saturated rings. The Morgan fingerprint density at radius 1 is 1.56 bits per heavy atom. The van der Waals surface area contributed by atoms with E-state index in [1.165, 1.54) is 0 Å². The molecule has 1 aliphatic heterocycles. The number of nitrogens with two attached hydrogens (primary N) is 1. The van der Waals surface area contributed by atoms with Crippen molar-refractivity contribution in [3.63, 3.8) is 0 Å². The first-order valence-corrected chi connectivity index (χ1v) is 5.78. The number of hydrazine groups is 1. The van der Waals surface area contributed by atoms with Crippen molar-refractivity contribution >= 4 is 0 Å². The Hall–Kier alpha value is -0.970. The number of nitrogens with zero attached hydrogens (tertiary/aromatic N) is 1. The number of hydrogen-bond donors (Lipinski definition) is 2. The molecule has 0 aromatic carbocycles. The third-order valence-electron chi connectivity index (χ3n) is 3.07. The van der Waals surface area contributed by atoms with Gasteiger partial charge in [0.15, 0.2) is 0 Å². The van der Waals surface area contributed by atoms with Gasteiger partial charge in [-0.25, -0.2) is 0 Å². The summed E-state index contributed by atoms with van der Waals surface area (Å²) >= 11 is 0. The SMILES string of the molecule is Cc1cccc(C(NN)C2CCCOC2)n1. The lowest BCUT2D eigenvalue weighted by Crippen LogP contribution is -2.37. The molecule has 1 saturated heterocycles. The monoisotopic (exact) mass is 221 g/mol. The van der Waals surface area contributed by atoms with Gasteiger partial charge in [0.25, 0.3) is 0 Å². The van der Waals surface area contributed by atoms with E-state index in [0.717, 1.165) is 37.4 Å². The van der Waals surface area contributed by atoms with E-state index in [2.05, 4.69) is 10.4 Å². The Kier molecular flexibility index (Phi) is 3.88. The van der Waals surface area contributed by atoms with Crippen LogP contribution >= 0.6 is 0 Å². The van der Waals surface area contributed by atoms with E-state index < -0.39 is 0 Å². The molecule has 3 N–H and O–H groups in total. The van der Waals surface area contributed by atoms with Crippen molar-refractivity contribution in [2.24, 2.45) is 11.8 Å². The lowest BCUT2D eigenvalue weighted by Gasteiger charge is -2.29. The highest BCUT2D eigenvalue weighted by Crippen LogP contribution is 2.27. The molecule has 2 atom stereocenters. The first kappa shape index (κ1) is 11.5. The zero-order valence-corrected chi connectivity index (χ0v) is 9.65. The van der Waals surface area contributed by atoms with Gasteiger partial charge in [-0.05, 0) is 31.9 Å². The Labute approximate surface area is 96.2 Å². The summed E-state index contributed by atoms with van der Waals surface area (Å²) in [6.45, 7) is 3.63. The van der Waals surface area contributed by atoms with Gasteiger partial charge < -0.3 is 4.74 Å². The van der Waals surface area contributed by atoms with E-state index in [4.69, 9.17) is 10.6 Å². The van der Waals surface area contributed by atoms with Crippen molar-refractivity contribution in [3.8, 4) is 0 Å². The second-order valence-electron chi connectivity index (χ2n) is 4.33. The summed E-state index contributed by atoms with van der Waals surface area (Å²) < 4.78 is 5.49. The number of hydrogen-bond acceptors (Lipinski definition) is 4. The molecule has 16 heavy (non-hydrogen) atoms. The molecule has 1 aromatic rings. The summed E-state index contributed by atoms with van der Waals surface area (Å²) in [7, 11) is 0. The average Bonchev–Trinajstić information content (AvgIpc) is 2.31. The second-order valence-corrected chi connectivity index (χ2v) is 4.33. The average molecular weight is 221 g/mol. The van der Waals surface area contributed by atoms with Gasteiger partial charge in [-0.15, -0.1) is 0 Å². The van der Waals surface area contributed by atoms with Crippen LogP contribution in [0.25, 0.3) is 0 Å². The van der Waals surface area contributed by atoms with E-state index in [0.29, 0.717) is 5.92 Å². The van der Waals surface area contributed by atoms with Gasteiger partial charge in [0.05, 0.1) is 18.3 Å². The van der Waals surface area contributed by atoms with Gasteiger partial charge in [0, 0.05) is 18.2 Å². The molecule has 0 radical (unpaired) electrons. The molecule has 2 unspecified atom stereocenters. The van der Waals surface area contributed by atoms with Crippen LogP contribution in [-0.4, -0.2) is 18.2 Å². The molecule has 0 bridgehead atoms. The molecule has 0 saturated carbocycles. The molecule has 4 nitrogen and oxygen atoms in total. The highest BCUT2D eigenvalue weighted by atomic mass is 16.5. The minimum atomic E-state index is 0.0974. The number of rotatable bonds is 3. The fraction of sp³-hybridized carbons (Fsp3) is 0.583. The molecule has 2 rings (SSSR count). The van der Waals surface area contributed by atoms with Crippen LogP contribution in [0, 0.1) is 12.8 Å². The number of aromatic nitrogens is 1. The van der Waals surface area contributed by atoms with Gasteiger partial charge in [0.1, 0.15) is 0 Å². The number of nitrogens with one attached hydrogen (secondary N) is 1. The highest BCUT2D eigenvalue weighted by Gasteiger charge is 2.25. The zero-order valence-electron chi connectivity index (χ0n) is 9.65. The lowest BCUT2D eigenvalue weighted by molar-refractivity contribution is 0.0383. The van der Waals surface area contributed by atoms with Crippen molar-refractivity contribution in [1.82, 2.24) is 10.4 Å². The van der Waals surface area contributed by atoms with Crippen LogP contribution in [0.3, 0.4) is 0 Å². The maximum Gasteiger partial charge on any atom is 0.0682 e. The Morgan fingerprint density at radius 2 is 2.44 bits per heavy atom. The van der Waals surface area contributed by atoms with Crippen molar-refractivity contribution < 1.29 is 4.74 Å². The summed E-state index contributed by atoms with van der Waals surface area (Å²) in [5.74, 6) is 6.06. The Bertz CT molecular complexity index is 337. The van der Waals surface area contributed by atoms with Crippen LogP contribution in [0.5, 0.6) is 0 Å². The molecule has 0 aliphatic carbocycles. The maximum absolute atomic E-state index is 5.64. The van der Waals surface area contributed by atoms with E-state index >= 15 is 0 Å². The Balaban J connectivity index is 2.14. The number of ether oxygens (including phenoxy) is 1. The third kappa shape index (κ3) is 2.58. The standard InChI is InChI=1S/C12H19N3O/c1-9-4-2-6-11(14-9)12(15-13)10-5-3-7-16-8-10/h2,4,6,10,12,15H,3,5,7-8,13H2,1H3. The Morgan fingerprint density at radius 3 is 3.06 bits per heavy atom. The van der Waals surface area contributed by atoms with Crippen molar-refractivity contribution in [1.29, 1.82) is 0 Å². The summed E-state index contributed by atoms with van der Waals surface area (Å²) in [5.41, 5.74) is 4.91. The molecular formula is C12H19N3O. The van der Waals surface area contributed by atoms with Crippen molar-refractivity contribution in [3.05, 3.63) is 29.6 Å². The normalized spacial score (nSPS) is 23.0. The van der Waals surface area contributed by atoms with E-state index in [9.17, 15) is 0 Å². The maximum atomic E-state index is 5.64. The van der Waals surface area contributed by atoms with Crippen LogP contribution < -0.4 is 11.3 Å². The van der Waals surface area contributed by atoms with Crippen molar-refractivity contribution in [2.75, 3.05) is 13.2 Å². The van der Waals surface area contributed by atoms with Crippen LogP contribution in [0.1, 0.15) is 30.3 Å². The minimum Gasteiger partial charge on any atom is -0.381 e. The second kappa shape index (κ2) is 5.39. The molecule has 2 heterocycles. The third-order valence-corrected chi connectivity index (χ3v) is 3.07. The van der Waals surface area contributed by atoms with Crippen LogP contribution in [0.4, 0.5) is 0 Å². The van der Waals surface area contributed by atoms with Crippen LogP contribution in [0.2, 0.25) is 0 Å². The summed E-state index contributed by atoms with van der Waals surface area (Å²) in [4.78, 5) is 4.52. The molecule has 1 aliphatic rings. The smallest absolute Gasteiger partial charge is 0.0682 e.